The zero-order valence-corrected chi connectivity index (χ0v) is 44.2. The molecule has 0 heterocycles. The third kappa shape index (κ3) is 15.8. The van der Waals surface area contributed by atoms with Gasteiger partial charge in [-0.05, 0) is 86.6 Å². The van der Waals surface area contributed by atoms with Crippen molar-refractivity contribution in [3.8, 4) is 0 Å². The van der Waals surface area contributed by atoms with E-state index in [0.29, 0.717) is 31.2 Å². The Balaban J connectivity index is 1.78. The highest BCUT2D eigenvalue weighted by molar-refractivity contribution is 7.90. The fourth-order valence-electron chi connectivity index (χ4n) is 8.37. The Morgan fingerprint density at radius 2 is 1.41 bits per heavy atom. The Morgan fingerprint density at radius 3 is 1.91 bits per heavy atom. The normalized spacial score (nSPS) is 15.9. The molecule has 2 aromatic rings. The van der Waals surface area contributed by atoms with Gasteiger partial charge < -0.3 is 42.5 Å². The molecule has 0 aliphatic heterocycles. The zero-order chi connectivity index (χ0) is 52.9. The Bertz CT molecular complexity index is 2310. The van der Waals surface area contributed by atoms with Crippen molar-refractivity contribution >= 4 is 51.5 Å². The number of likely N-dealkylation sites (N-methyl/N-ethyl adjacent to an activating group) is 2. The minimum absolute atomic E-state index is 0.0458. The summed E-state index contributed by atoms with van der Waals surface area (Å²) in [5.74, 6) is -3.48. The van der Waals surface area contributed by atoms with E-state index < -0.39 is 80.4 Å². The van der Waals surface area contributed by atoms with E-state index in [0.717, 1.165) is 5.56 Å². The minimum atomic E-state index is -4.40. The van der Waals surface area contributed by atoms with Crippen LogP contribution >= 0.6 is 0 Å². The van der Waals surface area contributed by atoms with Crippen LogP contribution in [-0.4, -0.2) is 106 Å². The van der Waals surface area contributed by atoms with Crippen molar-refractivity contribution in [3.63, 3.8) is 0 Å². The molecule has 19 heteroatoms. The van der Waals surface area contributed by atoms with Crippen LogP contribution in [0.3, 0.4) is 0 Å². The molecular formula is C51H79N9O9S. The highest BCUT2D eigenvalue weighted by Gasteiger charge is 2.47. The highest BCUT2D eigenvalue weighted by Crippen LogP contribution is 2.46. The van der Waals surface area contributed by atoms with Gasteiger partial charge >= 0.3 is 6.03 Å². The first-order valence-corrected chi connectivity index (χ1v) is 25.6. The lowest BCUT2D eigenvalue weighted by molar-refractivity contribution is -0.141. The number of carbonyl (C=O) groups excluding carboxylic acids is 7. The lowest BCUT2D eigenvalue weighted by atomic mass is 9.76. The third-order valence-electron chi connectivity index (χ3n) is 12.8. The van der Waals surface area contributed by atoms with Gasteiger partial charge in [-0.2, -0.15) is 0 Å². The molecule has 2 aromatic carbocycles. The van der Waals surface area contributed by atoms with Crippen molar-refractivity contribution in [1.29, 1.82) is 0 Å². The van der Waals surface area contributed by atoms with Gasteiger partial charge in [-0.25, -0.2) is 17.9 Å². The van der Waals surface area contributed by atoms with Crippen molar-refractivity contribution in [2.45, 2.75) is 161 Å². The molecule has 1 aliphatic carbocycles. The summed E-state index contributed by atoms with van der Waals surface area (Å²) in [7, 11) is -1.11. The molecule has 3 rings (SSSR count). The maximum atomic E-state index is 14.4. The van der Waals surface area contributed by atoms with Crippen LogP contribution < -0.4 is 42.4 Å². The molecule has 0 spiro atoms. The van der Waals surface area contributed by atoms with Crippen LogP contribution in [-0.2, 0) is 49.7 Å². The predicted octanol–water partition coefficient (Wildman–Crippen LogP) is 4.00. The molecule has 388 valence electrons. The maximum Gasteiger partial charge on any atom is 0.312 e. The Morgan fingerprint density at radius 1 is 0.814 bits per heavy atom. The van der Waals surface area contributed by atoms with E-state index in [9.17, 15) is 42.0 Å². The number of nitrogens with one attached hydrogen (secondary N) is 7. The fraction of sp³-hybridized carbons (Fsp3) is 0.588. The summed E-state index contributed by atoms with van der Waals surface area (Å²) in [5.41, 5.74) is 4.58. The van der Waals surface area contributed by atoms with E-state index in [1.54, 1.807) is 46.2 Å². The number of nitrogens with zero attached hydrogens (tertiary/aromatic N) is 1. The number of hydrogen-bond donors (Lipinski definition) is 8. The summed E-state index contributed by atoms with van der Waals surface area (Å²) in [6, 6.07) is 10.4. The van der Waals surface area contributed by atoms with E-state index in [4.69, 9.17) is 5.73 Å². The first-order valence-electron chi connectivity index (χ1n) is 24.1. The second kappa shape index (κ2) is 24.8. The number of primary amides is 1. The third-order valence-corrected chi connectivity index (χ3v) is 14.2. The van der Waals surface area contributed by atoms with Crippen molar-refractivity contribution in [3.05, 3.63) is 77.4 Å². The molecule has 9 N–H and O–H groups in total. The Hall–Kier alpha value is -5.82. The molecule has 1 saturated carbocycles. The SMILES string of the molecule is CCCC(=O)NC(C(=O)N[C@@H](CCCNC(N)=O)C(=O)NC1(c2ccc(S(=O)(=O)NC(=O)/C(C)=C/[C@H](C(C)C)N(C)C(=O)C(NC(=O)[C@@H](NC)C(C)(C)c3ccccc3)C(C)(C)C)cc2)CC1)C(C)C. The van der Waals surface area contributed by atoms with Crippen LogP contribution in [0.25, 0.3) is 0 Å². The molecule has 5 atom stereocenters. The molecule has 18 nitrogen and oxygen atoms in total. The van der Waals surface area contributed by atoms with E-state index >= 15 is 0 Å². The number of urea groups is 1. The summed E-state index contributed by atoms with van der Waals surface area (Å²) in [6.07, 6.45) is 3.86. The molecule has 0 radical (unpaired) electrons. The Kier molecular flexibility index (Phi) is 20.8. The number of hydrogen-bond acceptors (Lipinski definition) is 10. The van der Waals surface area contributed by atoms with Gasteiger partial charge in [-0.3, -0.25) is 28.8 Å². The van der Waals surface area contributed by atoms with Gasteiger partial charge in [0.15, 0.2) is 0 Å². The first kappa shape index (κ1) is 58.5. The Labute approximate surface area is 415 Å². The zero-order valence-electron chi connectivity index (χ0n) is 43.4. The summed E-state index contributed by atoms with van der Waals surface area (Å²) in [4.78, 5) is 94.3. The largest absolute Gasteiger partial charge is 0.352 e. The van der Waals surface area contributed by atoms with E-state index in [-0.39, 0.29) is 59.4 Å². The fourth-order valence-corrected chi connectivity index (χ4v) is 9.38. The number of benzene rings is 2. The standard InChI is InChI=1S/C51H79N9O9S/c1-14-19-39(61)56-40(32(4)5)45(64)55-37(22-18-29-54-48(52)67)44(63)58-51(27-28-51)35-23-25-36(26-24-35)70(68,69)59-43(62)33(6)30-38(31(2)3)60(13)47(66)42(49(7,8)9)57-46(65)41(53-12)50(10,11)34-20-16-15-17-21-34/h15-17,20-21,23-26,30-32,37-38,40-42,53H,14,18-19,22,27-29H2,1-13H3,(H,55,64)(H,56,61)(H,57,65)(H,58,63)(H,59,62)(H3,52,54,67)/b33-30+/t37-,38+,40?,41+,42?/m0/s1. The average Bonchev–Trinajstić information content (AvgIpc) is 4.06. The summed E-state index contributed by atoms with van der Waals surface area (Å²) in [6.45, 7) is 20.2. The van der Waals surface area contributed by atoms with Crippen LogP contribution in [0.15, 0.2) is 71.1 Å². The van der Waals surface area contributed by atoms with Crippen LogP contribution in [0.2, 0.25) is 0 Å². The minimum Gasteiger partial charge on any atom is -0.352 e. The molecule has 0 aromatic heterocycles. The van der Waals surface area contributed by atoms with Crippen molar-refractivity contribution in [2.24, 2.45) is 23.0 Å². The van der Waals surface area contributed by atoms with Gasteiger partial charge in [0.1, 0.15) is 18.1 Å². The number of nitrogens with two attached hydrogens (primary N) is 1. The molecule has 8 amide bonds. The molecule has 0 saturated heterocycles. The van der Waals surface area contributed by atoms with Gasteiger partial charge in [-0.15, -0.1) is 0 Å². The molecular weight excluding hydrogens is 915 g/mol. The van der Waals surface area contributed by atoms with Crippen LogP contribution in [0.1, 0.15) is 126 Å². The number of sulfonamides is 1. The van der Waals surface area contributed by atoms with Gasteiger partial charge in [0.25, 0.3) is 15.9 Å². The van der Waals surface area contributed by atoms with Crippen molar-refractivity contribution < 1.29 is 42.0 Å². The lowest BCUT2D eigenvalue weighted by Gasteiger charge is -2.40. The molecule has 1 fully saturated rings. The summed E-state index contributed by atoms with van der Waals surface area (Å²) >= 11 is 0. The summed E-state index contributed by atoms with van der Waals surface area (Å²) < 4.78 is 29.4. The van der Waals surface area contributed by atoms with Crippen molar-refractivity contribution in [1.82, 2.24) is 41.5 Å². The first-order chi connectivity index (χ1) is 32.5. The quantitative estimate of drug-likeness (QED) is 0.0524. The van der Waals surface area contributed by atoms with Crippen LogP contribution in [0.4, 0.5) is 4.79 Å². The molecule has 2 unspecified atom stereocenters. The number of rotatable bonds is 25. The topological polar surface area (TPSA) is 267 Å². The van der Waals surface area contributed by atoms with Crippen LogP contribution in [0.5, 0.6) is 0 Å². The molecule has 0 bridgehead atoms. The lowest BCUT2D eigenvalue weighted by Crippen LogP contribution is -2.61. The van der Waals surface area contributed by atoms with E-state index in [2.05, 4.69) is 36.6 Å². The van der Waals surface area contributed by atoms with Crippen LogP contribution in [0, 0.1) is 17.3 Å². The monoisotopic (exact) mass is 994 g/mol. The number of amides is 8. The van der Waals surface area contributed by atoms with E-state index in [1.807, 2.05) is 85.7 Å². The predicted molar refractivity (Wildman–Crippen MR) is 270 cm³/mol. The maximum absolute atomic E-state index is 14.4. The highest BCUT2D eigenvalue weighted by atomic mass is 32.2. The second-order valence-electron chi connectivity index (χ2n) is 20.7. The average molecular weight is 994 g/mol. The van der Waals surface area contributed by atoms with Gasteiger partial charge in [0, 0.05) is 31.0 Å². The van der Waals surface area contributed by atoms with Gasteiger partial charge in [-0.1, -0.05) is 118 Å². The smallest absolute Gasteiger partial charge is 0.312 e. The van der Waals surface area contributed by atoms with Crippen molar-refractivity contribution in [2.75, 3.05) is 20.6 Å². The molecule has 70 heavy (non-hydrogen) atoms. The second-order valence-corrected chi connectivity index (χ2v) is 22.4. The van der Waals surface area contributed by atoms with Gasteiger partial charge in [0.05, 0.1) is 22.5 Å². The summed E-state index contributed by atoms with van der Waals surface area (Å²) in [5, 5.41) is 17.2. The van der Waals surface area contributed by atoms with E-state index in [1.165, 1.54) is 24.0 Å². The molecule has 1 aliphatic rings. The van der Waals surface area contributed by atoms with Gasteiger partial charge in [0.2, 0.25) is 29.5 Å². The number of carbonyl (C=O) groups is 7.